The molecule has 0 atom stereocenters. The van der Waals surface area contributed by atoms with Crippen LogP contribution in [0.15, 0.2) is 36.8 Å². The number of piperidine rings is 1. The highest BCUT2D eigenvalue weighted by Crippen LogP contribution is 2.23. The maximum absolute atomic E-state index is 12.8. The van der Waals surface area contributed by atoms with E-state index in [2.05, 4.69) is 15.0 Å². The monoisotopic (exact) mass is 369 g/mol. The maximum Gasteiger partial charge on any atom is 0.255 e. The number of aromatic nitrogens is 3. The third kappa shape index (κ3) is 4.47. The molecule has 7 nitrogen and oxygen atoms in total. The van der Waals surface area contributed by atoms with E-state index in [-0.39, 0.29) is 5.91 Å². The van der Waals surface area contributed by atoms with Gasteiger partial charge in [0, 0.05) is 51.3 Å². The lowest BCUT2D eigenvalue weighted by atomic mass is 9.93. The first kappa shape index (κ1) is 18.0. The minimum absolute atomic E-state index is 0.0987. The second kappa shape index (κ2) is 8.52. The Morgan fingerprint density at radius 3 is 2.63 bits per heavy atom. The van der Waals surface area contributed by atoms with E-state index in [1.807, 2.05) is 40.2 Å². The highest BCUT2D eigenvalue weighted by Gasteiger charge is 2.24. The molecule has 0 aromatic carbocycles. The Labute approximate surface area is 159 Å². The molecule has 2 aliphatic rings. The van der Waals surface area contributed by atoms with Crippen LogP contribution in [0.25, 0.3) is 0 Å². The van der Waals surface area contributed by atoms with Gasteiger partial charge in [0.2, 0.25) is 0 Å². The van der Waals surface area contributed by atoms with E-state index in [1.165, 1.54) is 0 Å². The van der Waals surface area contributed by atoms with Crippen molar-refractivity contribution in [2.45, 2.75) is 25.8 Å². The van der Waals surface area contributed by atoms with E-state index in [9.17, 15) is 4.79 Å². The number of anilines is 1. The molecule has 4 rings (SSSR count). The zero-order valence-corrected chi connectivity index (χ0v) is 15.7. The second-order valence-corrected chi connectivity index (χ2v) is 7.30. The molecule has 0 aliphatic carbocycles. The van der Waals surface area contributed by atoms with Crippen molar-refractivity contribution in [2.24, 2.45) is 5.92 Å². The number of amides is 1. The van der Waals surface area contributed by atoms with Gasteiger partial charge in [0.05, 0.1) is 18.8 Å². The summed E-state index contributed by atoms with van der Waals surface area (Å²) in [6.45, 7) is 5.79. The first-order chi connectivity index (χ1) is 13.3. The number of carbonyl (C=O) groups excluding carboxylic acids is 1. The molecule has 1 amide bonds. The fraction of sp³-hybridized carbons (Fsp3) is 0.550. The van der Waals surface area contributed by atoms with Crippen LogP contribution >= 0.6 is 0 Å². The third-order valence-corrected chi connectivity index (χ3v) is 5.56. The van der Waals surface area contributed by atoms with E-state index in [4.69, 9.17) is 4.74 Å². The maximum atomic E-state index is 12.8. The molecule has 2 aliphatic heterocycles. The van der Waals surface area contributed by atoms with Crippen LogP contribution in [0, 0.1) is 5.92 Å². The topological polar surface area (TPSA) is 63.5 Å². The normalized spacial score (nSPS) is 18.7. The first-order valence-electron chi connectivity index (χ1n) is 9.85. The summed E-state index contributed by atoms with van der Waals surface area (Å²) in [5.41, 5.74) is 0.682. The molecule has 0 saturated carbocycles. The SMILES string of the molecule is O=C(c1ccc(N2CCOCC2)nc1)N1CCC(CCn2cccn2)CC1. The number of hydrogen-bond acceptors (Lipinski definition) is 5. The average molecular weight is 369 g/mol. The van der Waals surface area contributed by atoms with Crippen LogP contribution in [0.2, 0.25) is 0 Å². The van der Waals surface area contributed by atoms with Crippen molar-refractivity contribution in [1.29, 1.82) is 0 Å². The Morgan fingerprint density at radius 1 is 1.15 bits per heavy atom. The van der Waals surface area contributed by atoms with Crippen molar-refractivity contribution in [3.8, 4) is 0 Å². The third-order valence-electron chi connectivity index (χ3n) is 5.56. The number of likely N-dealkylation sites (tertiary alicyclic amines) is 1. The summed E-state index contributed by atoms with van der Waals surface area (Å²) in [5, 5.41) is 4.26. The quantitative estimate of drug-likeness (QED) is 0.807. The highest BCUT2D eigenvalue weighted by molar-refractivity contribution is 5.94. The molecular formula is C20H27N5O2. The molecule has 2 aromatic rings. The average Bonchev–Trinajstić information content (AvgIpc) is 3.27. The van der Waals surface area contributed by atoms with Crippen LogP contribution in [0.1, 0.15) is 29.6 Å². The summed E-state index contributed by atoms with van der Waals surface area (Å²) in [5.74, 6) is 1.69. The van der Waals surface area contributed by atoms with Gasteiger partial charge < -0.3 is 14.5 Å². The summed E-state index contributed by atoms with van der Waals surface area (Å²) in [6, 6.07) is 5.82. The Kier molecular flexibility index (Phi) is 5.67. The summed E-state index contributed by atoms with van der Waals surface area (Å²) >= 11 is 0. The standard InChI is InChI=1S/C20H27N5O2/c26-20(18-2-3-19(21-16-18)23-12-14-27-15-13-23)24-9-4-17(5-10-24)6-11-25-8-1-7-22-25/h1-3,7-8,16-17H,4-6,9-15H2. The zero-order valence-electron chi connectivity index (χ0n) is 15.7. The Balaban J connectivity index is 1.27. The molecule has 0 unspecified atom stereocenters. The van der Waals surface area contributed by atoms with Crippen molar-refractivity contribution >= 4 is 11.7 Å². The largest absolute Gasteiger partial charge is 0.378 e. The van der Waals surface area contributed by atoms with Crippen molar-refractivity contribution in [2.75, 3.05) is 44.3 Å². The lowest BCUT2D eigenvalue weighted by Gasteiger charge is -2.32. The van der Waals surface area contributed by atoms with E-state index in [1.54, 1.807) is 6.20 Å². The lowest BCUT2D eigenvalue weighted by Crippen LogP contribution is -2.39. The molecular weight excluding hydrogens is 342 g/mol. The highest BCUT2D eigenvalue weighted by atomic mass is 16.5. The van der Waals surface area contributed by atoms with Crippen LogP contribution in [0.4, 0.5) is 5.82 Å². The van der Waals surface area contributed by atoms with Crippen LogP contribution in [0.5, 0.6) is 0 Å². The fourth-order valence-electron chi connectivity index (χ4n) is 3.85. The molecule has 0 bridgehead atoms. The van der Waals surface area contributed by atoms with Crippen LogP contribution in [0.3, 0.4) is 0 Å². The number of aryl methyl sites for hydroxylation is 1. The Morgan fingerprint density at radius 2 is 1.96 bits per heavy atom. The van der Waals surface area contributed by atoms with Gasteiger partial charge in [-0.15, -0.1) is 0 Å². The lowest BCUT2D eigenvalue weighted by molar-refractivity contribution is 0.0684. The number of nitrogens with zero attached hydrogens (tertiary/aromatic N) is 5. The molecule has 27 heavy (non-hydrogen) atoms. The minimum Gasteiger partial charge on any atom is -0.378 e. The molecule has 0 N–H and O–H groups in total. The Bertz CT molecular complexity index is 717. The summed E-state index contributed by atoms with van der Waals surface area (Å²) in [4.78, 5) is 21.4. The molecule has 2 saturated heterocycles. The van der Waals surface area contributed by atoms with Gasteiger partial charge in [-0.2, -0.15) is 5.10 Å². The molecule has 4 heterocycles. The van der Waals surface area contributed by atoms with Crippen molar-refractivity contribution in [3.63, 3.8) is 0 Å². The van der Waals surface area contributed by atoms with E-state index in [0.717, 1.165) is 71.0 Å². The van der Waals surface area contributed by atoms with E-state index in [0.29, 0.717) is 11.5 Å². The zero-order chi connectivity index (χ0) is 18.5. The van der Waals surface area contributed by atoms with E-state index < -0.39 is 0 Å². The van der Waals surface area contributed by atoms with Gasteiger partial charge in [-0.25, -0.2) is 4.98 Å². The van der Waals surface area contributed by atoms with Gasteiger partial charge in [0.25, 0.3) is 5.91 Å². The van der Waals surface area contributed by atoms with Crippen LogP contribution < -0.4 is 4.90 Å². The van der Waals surface area contributed by atoms with Gasteiger partial charge in [-0.05, 0) is 43.4 Å². The summed E-state index contributed by atoms with van der Waals surface area (Å²) in [7, 11) is 0. The summed E-state index contributed by atoms with van der Waals surface area (Å²) < 4.78 is 7.36. The molecule has 7 heteroatoms. The van der Waals surface area contributed by atoms with Gasteiger partial charge in [-0.3, -0.25) is 9.48 Å². The van der Waals surface area contributed by atoms with Crippen molar-refractivity contribution < 1.29 is 9.53 Å². The number of hydrogen-bond donors (Lipinski definition) is 0. The molecule has 144 valence electrons. The second-order valence-electron chi connectivity index (χ2n) is 7.30. The smallest absolute Gasteiger partial charge is 0.255 e. The molecule has 2 fully saturated rings. The number of carbonyl (C=O) groups is 1. The van der Waals surface area contributed by atoms with E-state index >= 15 is 0 Å². The first-order valence-corrected chi connectivity index (χ1v) is 9.85. The number of rotatable bonds is 5. The number of morpholine rings is 1. The van der Waals surface area contributed by atoms with Crippen molar-refractivity contribution in [3.05, 3.63) is 42.4 Å². The molecule has 2 aromatic heterocycles. The Hall–Kier alpha value is -2.41. The number of pyridine rings is 1. The van der Waals surface area contributed by atoms with Crippen LogP contribution in [-0.2, 0) is 11.3 Å². The minimum atomic E-state index is 0.0987. The predicted molar refractivity (Wildman–Crippen MR) is 103 cm³/mol. The summed E-state index contributed by atoms with van der Waals surface area (Å²) in [6.07, 6.45) is 8.79. The van der Waals surface area contributed by atoms with Gasteiger partial charge in [0.15, 0.2) is 0 Å². The molecule has 0 radical (unpaired) electrons. The van der Waals surface area contributed by atoms with Gasteiger partial charge in [0.1, 0.15) is 5.82 Å². The predicted octanol–water partition coefficient (Wildman–Crippen LogP) is 2.06. The fourth-order valence-corrected chi connectivity index (χ4v) is 3.85. The number of ether oxygens (including phenoxy) is 1. The molecule has 0 spiro atoms. The van der Waals surface area contributed by atoms with Crippen molar-refractivity contribution in [1.82, 2.24) is 19.7 Å². The van der Waals surface area contributed by atoms with Gasteiger partial charge >= 0.3 is 0 Å². The van der Waals surface area contributed by atoms with Gasteiger partial charge in [-0.1, -0.05) is 0 Å². The van der Waals surface area contributed by atoms with Crippen LogP contribution in [-0.4, -0.2) is 65.0 Å².